The fourth-order valence-corrected chi connectivity index (χ4v) is 4.35. The second-order valence-electron chi connectivity index (χ2n) is 6.61. The van der Waals surface area contributed by atoms with E-state index in [0.717, 1.165) is 46.1 Å². The first-order valence-electron chi connectivity index (χ1n) is 8.70. The third-order valence-electron chi connectivity index (χ3n) is 5.12. The summed E-state index contributed by atoms with van der Waals surface area (Å²) < 4.78 is 0.964. The molecule has 1 unspecified atom stereocenters. The summed E-state index contributed by atoms with van der Waals surface area (Å²) in [6.45, 7) is 0. The number of anilines is 1. The van der Waals surface area contributed by atoms with Crippen molar-refractivity contribution < 1.29 is 0 Å². The second kappa shape index (κ2) is 6.93. The van der Waals surface area contributed by atoms with E-state index >= 15 is 0 Å². The van der Waals surface area contributed by atoms with Crippen molar-refractivity contribution in [2.24, 2.45) is 0 Å². The second-order valence-corrected chi connectivity index (χ2v) is 7.47. The molecule has 1 aliphatic carbocycles. The number of nitrogen functional groups attached to an aromatic ring is 1. The van der Waals surface area contributed by atoms with Gasteiger partial charge < -0.3 is 5.73 Å². The largest absolute Gasteiger partial charge is 0.383 e. The van der Waals surface area contributed by atoms with E-state index in [9.17, 15) is 5.26 Å². The number of aromatic nitrogens is 1. The van der Waals surface area contributed by atoms with Crippen LogP contribution in [-0.2, 0) is 12.8 Å². The van der Waals surface area contributed by atoms with Crippen molar-refractivity contribution in [1.82, 2.24) is 4.98 Å². The van der Waals surface area contributed by atoms with E-state index in [1.807, 2.05) is 30.3 Å². The lowest BCUT2D eigenvalue weighted by atomic mass is 9.78. The number of nitriles is 1. The minimum absolute atomic E-state index is 0.329. The van der Waals surface area contributed by atoms with Crippen molar-refractivity contribution in [3.63, 3.8) is 0 Å². The van der Waals surface area contributed by atoms with Crippen LogP contribution in [0.15, 0.2) is 59.1 Å². The lowest BCUT2D eigenvalue weighted by Gasteiger charge is -2.27. The molecule has 3 nitrogen and oxygen atoms in total. The maximum atomic E-state index is 9.75. The van der Waals surface area contributed by atoms with Gasteiger partial charge in [0.25, 0.3) is 0 Å². The Hall–Kier alpha value is -2.64. The first-order chi connectivity index (χ1) is 12.7. The number of hydrogen-bond acceptors (Lipinski definition) is 3. The molecular weight excluding hydrogens is 386 g/mol. The molecule has 4 rings (SSSR count). The Bertz CT molecular complexity index is 1010. The molecule has 0 saturated carbocycles. The van der Waals surface area contributed by atoms with Gasteiger partial charge in [-0.15, -0.1) is 0 Å². The lowest BCUT2D eigenvalue weighted by Crippen LogP contribution is -2.17. The van der Waals surface area contributed by atoms with Crippen LogP contribution in [0.1, 0.15) is 34.7 Å². The maximum Gasteiger partial charge on any atom is 0.142 e. The Labute approximate surface area is 161 Å². The summed E-state index contributed by atoms with van der Waals surface area (Å²) in [5, 5.41) is 9.75. The Morgan fingerprint density at radius 1 is 1.08 bits per heavy atom. The maximum absolute atomic E-state index is 9.75. The highest BCUT2D eigenvalue weighted by Crippen LogP contribution is 2.42. The molecule has 0 aliphatic heterocycles. The molecule has 0 bridgehead atoms. The van der Waals surface area contributed by atoms with Crippen molar-refractivity contribution in [2.75, 3.05) is 5.73 Å². The number of fused-ring (bicyclic) bond motifs is 1. The van der Waals surface area contributed by atoms with E-state index in [1.165, 1.54) is 5.56 Å². The average molecular weight is 404 g/mol. The molecule has 0 spiro atoms. The van der Waals surface area contributed by atoms with Crippen molar-refractivity contribution in [2.45, 2.75) is 25.2 Å². The molecule has 1 atom stereocenters. The van der Waals surface area contributed by atoms with Gasteiger partial charge in [0.15, 0.2) is 0 Å². The summed E-state index contributed by atoms with van der Waals surface area (Å²) in [5.41, 5.74) is 12.1. The van der Waals surface area contributed by atoms with Crippen LogP contribution in [0.25, 0.3) is 11.1 Å². The normalized spacial score (nSPS) is 15.9. The van der Waals surface area contributed by atoms with Crippen LogP contribution in [0, 0.1) is 11.3 Å². The van der Waals surface area contributed by atoms with Crippen molar-refractivity contribution in [3.05, 3.63) is 81.5 Å². The Morgan fingerprint density at radius 3 is 2.54 bits per heavy atom. The molecular formula is C22H18BrN3. The molecule has 0 amide bonds. The Kier molecular flexibility index (Phi) is 4.48. The van der Waals surface area contributed by atoms with Crippen LogP contribution in [0.3, 0.4) is 0 Å². The number of hydrogen-bond donors (Lipinski definition) is 1. The monoisotopic (exact) mass is 403 g/mol. The van der Waals surface area contributed by atoms with Crippen LogP contribution in [0.4, 0.5) is 5.82 Å². The van der Waals surface area contributed by atoms with Crippen LogP contribution in [-0.4, -0.2) is 4.98 Å². The van der Waals surface area contributed by atoms with E-state index in [0.29, 0.717) is 17.3 Å². The summed E-state index contributed by atoms with van der Waals surface area (Å²) in [6.07, 6.45) is 2.80. The first kappa shape index (κ1) is 16.8. The quantitative estimate of drug-likeness (QED) is 0.636. The summed E-state index contributed by atoms with van der Waals surface area (Å²) >= 11 is 3.64. The molecule has 4 heteroatoms. The average Bonchev–Trinajstić information content (AvgIpc) is 2.68. The molecule has 1 aromatic heterocycles. The molecule has 1 aliphatic rings. The van der Waals surface area contributed by atoms with Crippen molar-refractivity contribution in [1.29, 1.82) is 5.26 Å². The van der Waals surface area contributed by atoms with Gasteiger partial charge in [0.2, 0.25) is 0 Å². The molecule has 0 radical (unpaired) electrons. The smallest absolute Gasteiger partial charge is 0.142 e. The standard InChI is InChI=1S/C22H18BrN3/c23-19-9-5-4-8-16(19)21-17-12-15(14-6-2-1-3-7-14)10-11-20(17)26-22(25)18(21)13-24/h1-9,15H,10-12H2,(H2,25,26). The summed E-state index contributed by atoms with van der Waals surface area (Å²) in [7, 11) is 0. The molecule has 26 heavy (non-hydrogen) atoms. The SMILES string of the molecule is N#Cc1c(N)nc2c(c1-c1ccccc1Br)CC(c1ccccc1)CC2. The van der Waals surface area contributed by atoms with Gasteiger partial charge in [0.05, 0.1) is 0 Å². The Morgan fingerprint density at radius 2 is 1.81 bits per heavy atom. The number of benzene rings is 2. The van der Waals surface area contributed by atoms with Crippen LogP contribution in [0.5, 0.6) is 0 Å². The van der Waals surface area contributed by atoms with Gasteiger partial charge in [0.1, 0.15) is 17.5 Å². The first-order valence-corrected chi connectivity index (χ1v) is 9.49. The number of nitrogens with zero attached hydrogens (tertiary/aromatic N) is 2. The summed E-state index contributed by atoms with van der Waals surface area (Å²) in [4.78, 5) is 4.57. The third-order valence-corrected chi connectivity index (χ3v) is 5.81. The lowest BCUT2D eigenvalue weighted by molar-refractivity contribution is 0.576. The van der Waals surface area contributed by atoms with E-state index in [1.54, 1.807) is 0 Å². The van der Waals surface area contributed by atoms with E-state index in [2.05, 4.69) is 51.2 Å². The zero-order chi connectivity index (χ0) is 18.1. The molecule has 0 fully saturated rings. The zero-order valence-corrected chi connectivity index (χ0v) is 15.8. The van der Waals surface area contributed by atoms with Crippen molar-refractivity contribution in [3.8, 4) is 17.2 Å². The van der Waals surface area contributed by atoms with Crippen LogP contribution < -0.4 is 5.73 Å². The van der Waals surface area contributed by atoms with E-state index < -0.39 is 0 Å². The number of aryl methyl sites for hydroxylation is 1. The van der Waals surface area contributed by atoms with Crippen LogP contribution in [0.2, 0.25) is 0 Å². The molecule has 0 saturated heterocycles. The van der Waals surface area contributed by atoms with Gasteiger partial charge in [-0.25, -0.2) is 4.98 Å². The molecule has 2 N–H and O–H groups in total. The molecule has 3 aromatic rings. The zero-order valence-electron chi connectivity index (χ0n) is 14.2. The summed E-state index contributed by atoms with van der Waals surface area (Å²) in [5.74, 6) is 0.761. The minimum Gasteiger partial charge on any atom is -0.383 e. The molecule has 128 valence electrons. The highest BCUT2D eigenvalue weighted by Gasteiger charge is 2.27. The van der Waals surface area contributed by atoms with Crippen molar-refractivity contribution >= 4 is 21.7 Å². The van der Waals surface area contributed by atoms with Gasteiger partial charge in [-0.2, -0.15) is 5.26 Å². The third kappa shape index (κ3) is 2.89. The van der Waals surface area contributed by atoms with E-state index in [4.69, 9.17) is 5.73 Å². The minimum atomic E-state index is 0.329. The fourth-order valence-electron chi connectivity index (χ4n) is 3.86. The van der Waals surface area contributed by atoms with Crippen LogP contribution >= 0.6 is 15.9 Å². The van der Waals surface area contributed by atoms with E-state index in [-0.39, 0.29) is 0 Å². The van der Waals surface area contributed by atoms with Gasteiger partial charge >= 0.3 is 0 Å². The number of halogens is 1. The summed E-state index contributed by atoms with van der Waals surface area (Å²) in [6, 6.07) is 20.9. The fraction of sp³-hybridized carbons (Fsp3) is 0.182. The van der Waals surface area contributed by atoms with Gasteiger partial charge in [-0.05, 0) is 47.9 Å². The molecule has 1 heterocycles. The van der Waals surface area contributed by atoms with Gasteiger partial charge in [-0.3, -0.25) is 0 Å². The van der Waals surface area contributed by atoms with Gasteiger partial charge in [0, 0.05) is 15.7 Å². The Balaban J connectivity index is 1.91. The highest BCUT2D eigenvalue weighted by molar-refractivity contribution is 9.10. The van der Waals surface area contributed by atoms with Gasteiger partial charge in [-0.1, -0.05) is 64.5 Å². The predicted molar refractivity (Wildman–Crippen MR) is 108 cm³/mol. The number of rotatable bonds is 2. The molecule has 2 aromatic carbocycles. The number of nitrogens with two attached hydrogens (primary N) is 1. The number of pyridine rings is 1. The topological polar surface area (TPSA) is 62.7 Å². The highest BCUT2D eigenvalue weighted by atomic mass is 79.9. The predicted octanol–water partition coefficient (Wildman–Crippen LogP) is 5.24.